The predicted octanol–water partition coefficient (Wildman–Crippen LogP) is 1.14. The van der Waals surface area contributed by atoms with E-state index in [-0.39, 0.29) is 27.5 Å². The molecule has 2 aliphatic rings. The summed E-state index contributed by atoms with van der Waals surface area (Å²) in [4.78, 5) is 32.3. The fraction of sp³-hybridized carbons (Fsp3) is 0.368. The molecular formula is C19H20N4O5S3. The van der Waals surface area contributed by atoms with Crippen LogP contribution in [0.2, 0.25) is 0 Å². The quantitative estimate of drug-likeness (QED) is 0.370. The van der Waals surface area contributed by atoms with Crippen LogP contribution in [0.3, 0.4) is 0 Å². The summed E-state index contributed by atoms with van der Waals surface area (Å²) >= 11 is 6.41. The number of amides is 1. The van der Waals surface area contributed by atoms with Gasteiger partial charge in [-0.25, -0.2) is 13.4 Å². The summed E-state index contributed by atoms with van der Waals surface area (Å²) in [5.41, 5.74) is 0.354. The topological polar surface area (TPSA) is 110 Å². The van der Waals surface area contributed by atoms with Gasteiger partial charge in [-0.15, -0.1) is 0 Å². The summed E-state index contributed by atoms with van der Waals surface area (Å²) in [6.07, 6.45) is 3.44. The summed E-state index contributed by atoms with van der Waals surface area (Å²) in [6, 6.07) is 4.74. The van der Waals surface area contributed by atoms with Crippen molar-refractivity contribution in [3.63, 3.8) is 0 Å². The van der Waals surface area contributed by atoms with E-state index in [4.69, 9.17) is 17.0 Å². The second-order valence-electron chi connectivity index (χ2n) is 7.14. The van der Waals surface area contributed by atoms with Crippen LogP contribution in [-0.2, 0) is 19.4 Å². The van der Waals surface area contributed by atoms with E-state index in [2.05, 4.69) is 10.3 Å². The predicted molar refractivity (Wildman–Crippen MR) is 124 cm³/mol. The fourth-order valence-corrected chi connectivity index (χ4v) is 6.63. The number of sulfone groups is 1. The first-order valence-electron chi connectivity index (χ1n) is 9.52. The molecule has 9 nitrogen and oxygen atoms in total. The molecule has 1 unspecified atom stereocenters. The molecule has 4 heterocycles. The van der Waals surface area contributed by atoms with Crippen molar-refractivity contribution in [3.05, 3.63) is 45.2 Å². The fourth-order valence-electron chi connectivity index (χ4n) is 3.54. The van der Waals surface area contributed by atoms with Crippen LogP contribution in [0, 0.1) is 0 Å². The van der Waals surface area contributed by atoms with E-state index in [0.717, 1.165) is 11.8 Å². The highest BCUT2D eigenvalue weighted by Gasteiger charge is 2.42. The number of aromatic nitrogens is 2. The first-order chi connectivity index (χ1) is 14.8. The zero-order chi connectivity index (χ0) is 22.2. The highest BCUT2D eigenvalue weighted by Crippen LogP contribution is 2.36. The Morgan fingerprint density at radius 1 is 1.39 bits per heavy atom. The first-order valence-corrected chi connectivity index (χ1v) is 12.6. The van der Waals surface area contributed by atoms with Gasteiger partial charge < -0.3 is 10.1 Å². The molecule has 31 heavy (non-hydrogen) atoms. The van der Waals surface area contributed by atoms with E-state index in [9.17, 15) is 18.0 Å². The lowest BCUT2D eigenvalue weighted by Gasteiger charge is -2.20. The number of carbonyl (C=O) groups excluding carboxylic acids is 1. The van der Waals surface area contributed by atoms with Gasteiger partial charge in [0.2, 0.25) is 0 Å². The number of hydrogen-bond donors (Lipinski definition) is 1. The van der Waals surface area contributed by atoms with Crippen LogP contribution in [-0.4, -0.2) is 70.7 Å². The molecule has 2 aliphatic heterocycles. The Bertz CT molecular complexity index is 1250. The highest BCUT2D eigenvalue weighted by atomic mass is 32.2. The van der Waals surface area contributed by atoms with Gasteiger partial charge in [0.1, 0.15) is 15.8 Å². The lowest BCUT2D eigenvalue weighted by atomic mass is 10.2. The standard InChI is InChI=1S/C19H20N4O5S3/c1-28-8-6-20-16-13(17(24)22-7-3-2-4-15(22)21-16)10-14-18(25)23(19(29)30-14)12-5-9-31(26,27)11-12/h2-4,7,10,12,20H,5-6,8-9,11H2,1H3/b14-10-. The molecular weight excluding hydrogens is 460 g/mol. The molecule has 1 amide bonds. The number of rotatable bonds is 6. The van der Waals surface area contributed by atoms with E-state index in [1.54, 1.807) is 31.5 Å². The van der Waals surface area contributed by atoms with Gasteiger partial charge >= 0.3 is 0 Å². The molecule has 164 valence electrons. The number of anilines is 1. The maximum Gasteiger partial charge on any atom is 0.267 e. The molecule has 0 saturated carbocycles. The Morgan fingerprint density at radius 3 is 2.90 bits per heavy atom. The normalized spacial score (nSPS) is 22.0. The Hall–Kier alpha value is -2.28. The minimum Gasteiger partial charge on any atom is -0.383 e. The zero-order valence-electron chi connectivity index (χ0n) is 16.6. The molecule has 0 aromatic carbocycles. The van der Waals surface area contributed by atoms with Gasteiger partial charge in [-0.1, -0.05) is 30.0 Å². The first kappa shape index (κ1) is 21.9. The van der Waals surface area contributed by atoms with E-state index in [1.807, 2.05) is 0 Å². The van der Waals surface area contributed by atoms with E-state index in [0.29, 0.717) is 35.4 Å². The average Bonchev–Trinajstić information content (AvgIpc) is 3.22. The number of thiocarbonyl (C=S) groups is 1. The molecule has 0 radical (unpaired) electrons. The lowest BCUT2D eigenvalue weighted by Crippen LogP contribution is -2.39. The number of hydrogen-bond acceptors (Lipinski definition) is 9. The minimum absolute atomic E-state index is 0.0390. The summed E-state index contributed by atoms with van der Waals surface area (Å²) in [6.45, 7) is 0.835. The molecule has 4 rings (SSSR count). The molecule has 0 aliphatic carbocycles. The maximum absolute atomic E-state index is 13.1. The highest BCUT2D eigenvalue weighted by molar-refractivity contribution is 8.26. The number of ether oxygens (including phenoxy) is 1. The number of carbonyl (C=O) groups is 1. The number of nitrogens with one attached hydrogen (secondary N) is 1. The third-order valence-electron chi connectivity index (χ3n) is 5.04. The molecule has 1 N–H and O–H groups in total. The van der Waals surface area contributed by atoms with Gasteiger partial charge in [0.25, 0.3) is 11.5 Å². The third kappa shape index (κ3) is 4.38. The Kier molecular flexibility index (Phi) is 6.15. The Labute approximate surface area is 188 Å². The SMILES string of the molecule is COCCNc1nc2ccccn2c(=O)c1/C=C1\SC(=S)N(C2CCS(=O)(=O)C2)C1=O. The van der Waals surface area contributed by atoms with Crippen molar-refractivity contribution in [1.29, 1.82) is 0 Å². The molecule has 2 saturated heterocycles. The molecule has 2 fully saturated rings. The van der Waals surface area contributed by atoms with Crippen LogP contribution in [0.5, 0.6) is 0 Å². The Balaban J connectivity index is 1.73. The van der Waals surface area contributed by atoms with Gasteiger partial charge in [0, 0.05) is 19.9 Å². The van der Waals surface area contributed by atoms with Crippen molar-refractivity contribution in [2.45, 2.75) is 12.5 Å². The largest absolute Gasteiger partial charge is 0.383 e. The summed E-state index contributed by atoms with van der Waals surface area (Å²) in [5.74, 6) is -0.118. The van der Waals surface area contributed by atoms with Crippen LogP contribution in [0.4, 0.5) is 5.82 Å². The Morgan fingerprint density at radius 2 is 2.19 bits per heavy atom. The summed E-state index contributed by atoms with van der Waals surface area (Å²) in [5, 5.41) is 3.08. The van der Waals surface area contributed by atoms with Crippen molar-refractivity contribution < 1.29 is 17.9 Å². The molecule has 0 spiro atoms. The summed E-state index contributed by atoms with van der Waals surface area (Å²) in [7, 11) is -1.60. The average molecular weight is 481 g/mol. The van der Waals surface area contributed by atoms with E-state index < -0.39 is 21.8 Å². The van der Waals surface area contributed by atoms with Crippen LogP contribution in [0.15, 0.2) is 34.1 Å². The van der Waals surface area contributed by atoms with Gasteiger partial charge in [0.05, 0.1) is 34.6 Å². The van der Waals surface area contributed by atoms with Crippen molar-refractivity contribution in [1.82, 2.24) is 14.3 Å². The van der Waals surface area contributed by atoms with Crippen LogP contribution in [0.1, 0.15) is 12.0 Å². The number of pyridine rings is 1. The molecule has 1 atom stereocenters. The monoisotopic (exact) mass is 480 g/mol. The van der Waals surface area contributed by atoms with E-state index in [1.165, 1.54) is 15.4 Å². The number of thioether (sulfide) groups is 1. The lowest BCUT2D eigenvalue weighted by molar-refractivity contribution is -0.123. The van der Waals surface area contributed by atoms with Crippen molar-refractivity contribution in [3.8, 4) is 0 Å². The second kappa shape index (κ2) is 8.69. The van der Waals surface area contributed by atoms with Gasteiger partial charge in [-0.3, -0.25) is 18.9 Å². The molecule has 2 aromatic rings. The van der Waals surface area contributed by atoms with Gasteiger partial charge in [0.15, 0.2) is 9.84 Å². The minimum atomic E-state index is -3.17. The number of fused-ring (bicyclic) bond motifs is 1. The van der Waals surface area contributed by atoms with Crippen molar-refractivity contribution in [2.75, 3.05) is 37.1 Å². The van der Waals surface area contributed by atoms with Crippen molar-refractivity contribution in [2.24, 2.45) is 0 Å². The summed E-state index contributed by atoms with van der Waals surface area (Å²) < 4.78 is 30.4. The van der Waals surface area contributed by atoms with Crippen LogP contribution in [0.25, 0.3) is 11.7 Å². The molecule has 2 aromatic heterocycles. The van der Waals surface area contributed by atoms with Crippen LogP contribution >= 0.6 is 24.0 Å². The second-order valence-corrected chi connectivity index (χ2v) is 11.0. The van der Waals surface area contributed by atoms with Gasteiger partial charge in [-0.2, -0.15) is 0 Å². The third-order valence-corrected chi connectivity index (χ3v) is 8.12. The number of methoxy groups -OCH3 is 1. The van der Waals surface area contributed by atoms with Crippen molar-refractivity contribution >= 4 is 61.6 Å². The molecule has 0 bridgehead atoms. The van der Waals surface area contributed by atoms with Gasteiger partial charge in [-0.05, 0) is 24.6 Å². The molecule has 12 heteroatoms. The number of nitrogens with zero attached hydrogens (tertiary/aromatic N) is 3. The smallest absolute Gasteiger partial charge is 0.267 e. The van der Waals surface area contributed by atoms with Crippen LogP contribution < -0.4 is 10.9 Å². The zero-order valence-corrected chi connectivity index (χ0v) is 19.1. The maximum atomic E-state index is 13.1. The van der Waals surface area contributed by atoms with E-state index >= 15 is 0 Å².